The van der Waals surface area contributed by atoms with Crippen molar-refractivity contribution in [2.24, 2.45) is 0 Å². The summed E-state index contributed by atoms with van der Waals surface area (Å²) in [4.78, 5) is 2.01. The number of halogens is 1. The van der Waals surface area contributed by atoms with Gasteiger partial charge in [0.1, 0.15) is 5.82 Å². The molecule has 0 radical (unpaired) electrons. The Labute approximate surface area is 144 Å². The van der Waals surface area contributed by atoms with Crippen LogP contribution in [0, 0.1) is 5.82 Å². The first kappa shape index (κ1) is 18.4. The fourth-order valence-corrected chi connectivity index (χ4v) is 2.83. The Hall–Kier alpha value is -1.91. The van der Waals surface area contributed by atoms with E-state index in [4.69, 9.17) is 0 Å². The summed E-state index contributed by atoms with van der Waals surface area (Å²) in [5, 5.41) is 12.6. The minimum atomic E-state index is -0.173. The molecule has 0 saturated heterocycles. The maximum atomic E-state index is 14.3. The summed E-state index contributed by atoms with van der Waals surface area (Å²) < 4.78 is 14.3. The number of hydrogen-bond acceptors (Lipinski definition) is 3. The molecule has 2 aromatic carbocycles. The molecule has 2 N–H and O–H groups in total. The largest absolute Gasteiger partial charge is 0.392 e. The zero-order chi connectivity index (χ0) is 17.5. The molecule has 24 heavy (non-hydrogen) atoms. The Kier molecular flexibility index (Phi) is 6.76. The average molecular weight is 330 g/mol. The van der Waals surface area contributed by atoms with Crippen molar-refractivity contribution in [1.82, 2.24) is 5.32 Å². The molecule has 1 unspecified atom stereocenters. The first-order chi connectivity index (χ1) is 11.6. The standard InChI is InChI=1S/C20H27FN2O/c1-4-23(5-2)20-10-9-16(12-19(20)21)13-22-15(3)18-8-6-7-17(11-18)14-24/h6-12,15,22,24H,4-5,13-14H2,1-3H3. The number of hydrogen-bond donors (Lipinski definition) is 2. The molecule has 0 aliphatic carbocycles. The van der Waals surface area contributed by atoms with Crippen molar-refractivity contribution < 1.29 is 9.50 Å². The van der Waals surface area contributed by atoms with Crippen molar-refractivity contribution in [2.45, 2.75) is 40.0 Å². The Balaban J connectivity index is 2.02. The molecule has 0 aliphatic heterocycles. The molecular weight excluding hydrogens is 303 g/mol. The zero-order valence-corrected chi connectivity index (χ0v) is 14.7. The minimum Gasteiger partial charge on any atom is -0.392 e. The predicted molar refractivity (Wildman–Crippen MR) is 97.6 cm³/mol. The van der Waals surface area contributed by atoms with Gasteiger partial charge in [-0.3, -0.25) is 0 Å². The van der Waals surface area contributed by atoms with E-state index in [0.29, 0.717) is 12.2 Å². The molecule has 0 fully saturated rings. The number of rotatable bonds is 8. The van der Waals surface area contributed by atoms with Gasteiger partial charge >= 0.3 is 0 Å². The number of anilines is 1. The SMILES string of the molecule is CCN(CC)c1ccc(CNC(C)c2cccc(CO)c2)cc1F. The maximum absolute atomic E-state index is 14.3. The third-order valence-electron chi connectivity index (χ3n) is 4.36. The lowest BCUT2D eigenvalue weighted by molar-refractivity contribution is 0.281. The summed E-state index contributed by atoms with van der Waals surface area (Å²) in [7, 11) is 0. The number of benzene rings is 2. The molecule has 0 aromatic heterocycles. The third-order valence-corrected chi connectivity index (χ3v) is 4.36. The van der Waals surface area contributed by atoms with Gasteiger partial charge < -0.3 is 15.3 Å². The molecule has 0 bridgehead atoms. The van der Waals surface area contributed by atoms with E-state index in [-0.39, 0.29) is 18.5 Å². The molecule has 4 heteroatoms. The van der Waals surface area contributed by atoms with Gasteiger partial charge in [0.25, 0.3) is 0 Å². The summed E-state index contributed by atoms with van der Waals surface area (Å²) in [6.07, 6.45) is 0. The van der Waals surface area contributed by atoms with Gasteiger partial charge in [0, 0.05) is 25.7 Å². The van der Waals surface area contributed by atoms with E-state index in [1.165, 1.54) is 0 Å². The molecular formula is C20H27FN2O. The van der Waals surface area contributed by atoms with Crippen LogP contribution in [-0.2, 0) is 13.2 Å². The second-order valence-electron chi connectivity index (χ2n) is 5.96. The second-order valence-corrected chi connectivity index (χ2v) is 5.96. The van der Waals surface area contributed by atoms with Crippen LogP contribution in [-0.4, -0.2) is 18.2 Å². The van der Waals surface area contributed by atoms with E-state index in [0.717, 1.165) is 29.8 Å². The van der Waals surface area contributed by atoms with Crippen molar-refractivity contribution in [3.05, 3.63) is 65.0 Å². The summed E-state index contributed by atoms with van der Waals surface area (Å²) in [5.41, 5.74) is 3.60. The third kappa shape index (κ3) is 4.56. The van der Waals surface area contributed by atoms with Crippen LogP contribution >= 0.6 is 0 Å². The van der Waals surface area contributed by atoms with E-state index in [1.807, 2.05) is 55.1 Å². The molecule has 0 saturated carbocycles. The Morgan fingerprint density at radius 2 is 1.83 bits per heavy atom. The maximum Gasteiger partial charge on any atom is 0.146 e. The number of aliphatic hydroxyl groups is 1. The monoisotopic (exact) mass is 330 g/mol. The molecule has 3 nitrogen and oxygen atoms in total. The zero-order valence-electron chi connectivity index (χ0n) is 14.7. The number of nitrogens with one attached hydrogen (secondary N) is 1. The number of nitrogens with zero attached hydrogens (tertiary/aromatic N) is 1. The lowest BCUT2D eigenvalue weighted by Gasteiger charge is -2.22. The van der Waals surface area contributed by atoms with Crippen LogP contribution in [0.3, 0.4) is 0 Å². The van der Waals surface area contributed by atoms with Crippen molar-refractivity contribution in [3.63, 3.8) is 0 Å². The van der Waals surface area contributed by atoms with Crippen molar-refractivity contribution >= 4 is 5.69 Å². The van der Waals surface area contributed by atoms with Gasteiger partial charge in [0.2, 0.25) is 0 Å². The summed E-state index contributed by atoms with van der Waals surface area (Å²) in [5.74, 6) is -0.173. The van der Waals surface area contributed by atoms with Crippen LogP contribution in [0.4, 0.5) is 10.1 Å². The Morgan fingerprint density at radius 3 is 2.46 bits per heavy atom. The van der Waals surface area contributed by atoms with E-state index < -0.39 is 0 Å². The fraction of sp³-hybridized carbons (Fsp3) is 0.400. The van der Waals surface area contributed by atoms with Gasteiger partial charge in [-0.2, -0.15) is 0 Å². The average Bonchev–Trinajstić information content (AvgIpc) is 2.62. The number of aliphatic hydroxyl groups excluding tert-OH is 1. The predicted octanol–water partition coefficient (Wildman–Crippen LogP) is 4.02. The van der Waals surface area contributed by atoms with Crippen molar-refractivity contribution in [2.75, 3.05) is 18.0 Å². The highest BCUT2D eigenvalue weighted by Crippen LogP contribution is 2.21. The summed E-state index contributed by atoms with van der Waals surface area (Å²) in [6, 6.07) is 13.4. The highest BCUT2D eigenvalue weighted by molar-refractivity contribution is 5.49. The lowest BCUT2D eigenvalue weighted by atomic mass is 10.0. The fourth-order valence-electron chi connectivity index (χ4n) is 2.83. The van der Waals surface area contributed by atoms with Crippen molar-refractivity contribution in [1.29, 1.82) is 0 Å². The molecule has 0 spiro atoms. The van der Waals surface area contributed by atoms with Gasteiger partial charge in [-0.15, -0.1) is 0 Å². The van der Waals surface area contributed by atoms with Gasteiger partial charge in [-0.05, 0) is 49.6 Å². The Morgan fingerprint density at radius 1 is 1.08 bits per heavy atom. The molecule has 0 aliphatic rings. The van der Waals surface area contributed by atoms with E-state index in [2.05, 4.69) is 12.2 Å². The highest BCUT2D eigenvalue weighted by atomic mass is 19.1. The molecule has 1 atom stereocenters. The normalized spacial score (nSPS) is 12.2. The van der Waals surface area contributed by atoms with E-state index in [9.17, 15) is 9.50 Å². The highest BCUT2D eigenvalue weighted by Gasteiger charge is 2.10. The van der Waals surface area contributed by atoms with Crippen LogP contribution < -0.4 is 10.2 Å². The molecule has 2 aromatic rings. The minimum absolute atomic E-state index is 0.0403. The molecule has 0 heterocycles. The van der Waals surface area contributed by atoms with E-state index >= 15 is 0 Å². The van der Waals surface area contributed by atoms with E-state index in [1.54, 1.807) is 6.07 Å². The van der Waals surface area contributed by atoms with Gasteiger partial charge in [0.15, 0.2) is 0 Å². The smallest absolute Gasteiger partial charge is 0.146 e. The van der Waals surface area contributed by atoms with Gasteiger partial charge in [-0.1, -0.05) is 30.3 Å². The molecule has 2 rings (SSSR count). The lowest BCUT2D eigenvalue weighted by Crippen LogP contribution is -2.23. The molecule has 130 valence electrons. The van der Waals surface area contributed by atoms with Crippen LogP contribution in [0.15, 0.2) is 42.5 Å². The van der Waals surface area contributed by atoms with Crippen LogP contribution in [0.2, 0.25) is 0 Å². The quantitative estimate of drug-likeness (QED) is 0.767. The van der Waals surface area contributed by atoms with Gasteiger partial charge in [0.05, 0.1) is 12.3 Å². The second kappa shape index (κ2) is 8.81. The first-order valence-electron chi connectivity index (χ1n) is 8.55. The summed E-state index contributed by atoms with van der Waals surface area (Å²) in [6.45, 7) is 8.35. The van der Waals surface area contributed by atoms with Crippen LogP contribution in [0.1, 0.15) is 43.5 Å². The topological polar surface area (TPSA) is 35.5 Å². The van der Waals surface area contributed by atoms with Crippen LogP contribution in [0.25, 0.3) is 0 Å². The molecule has 0 amide bonds. The summed E-state index contributed by atoms with van der Waals surface area (Å²) >= 11 is 0. The van der Waals surface area contributed by atoms with Crippen LogP contribution in [0.5, 0.6) is 0 Å². The van der Waals surface area contributed by atoms with Gasteiger partial charge in [-0.25, -0.2) is 4.39 Å². The Bertz CT molecular complexity index is 656. The van der Waals surface area contributed by atoms with Crippen molar-refractivity contribution in [3.8, 4) is 0 Å². The first-order valence-corrected chi connectivity index (χ1v) is 8.55.